The molecule has 13 heavy (non-hydrogen) atoms. The second-order valence-corrected chi connectivity index (χ2v) is 3.49. The van der Waals surface area contributed by atoms with Crippen molar-refractivity contribution in [3.8, 4) is 0 Å². The lowest BCUT2D eigenvalue weighted by molar-refractivity contribution is -0.156. The molecule has 0 saturated carbocycles. The third kappa shape index (κ3) is 2.02. The predicted molar refractivity (Wildman–Crippen MR) is 49.2 cm³/mol. The molecule has 0 radical (unpaired) electrons. The SMILES string of the molecule is CCC(O)(CC)C(CO)(CO)CO. The summed E-state index contributed by atoms with van der Waals surface area (Å²) < 4.78 is 0. The highest BCUT2D eigenvalue weighted by molar-refractivity contribution is 4.96. The molecule has 0 saturated heterocycles. The van der Waals surface area contributed by atoms with Crippen LogP contribution in [0.25, 0.3) is 0 Å². The summed E-state index contributed by atoms with van der Waals surface area (Å²) in [5.41, 5.74) is -2.40. The Kier molecular flexibility index (Phi) is 4.85. The second-order valence-electron chi connectivity index (χ2n) is 3.49. The van der Waals surface area contributed by atoms with Crippen molar-refractivity contribution in [1.82, 2.24) is 0 Å². The minimum atomic E-state index is -1.20. The van der Waals surface area contributed by atoms with Gasteiger partial charge in [-0.15, -0.1) is 0 Å². The molecule has 0 amide bonds. The van der Waals surface area contributed by atoms with Crippen LogP contribution in [0.2, 0.25) is 0 Å². The third-order valence-corrected chi connectivity index (χ3v) is 3.06. The van der Waals surface area contributed by atoms with Crippen LogP contribution < -0.4 is 0 Å². The fraction of sp³-hybridized carbons (Fsp3) is 1.00. The zero-order chi connectivity index (χ0) is 10.5. The Morgan fingerprint density at radius 3 is 1.23 bits per heavy atom. The van der Waals surface area contributed by atoms with E-state index in [0.717, 1.165) is 0 Å². The van der Waals surface area contributed by atoms with Crippen molar-refractivity contribution >= 4 is 0 Å². The van der Waals surface area contributed by atoms with E-state index in [1.807, 2.05) is 0 Å². The largest absolute Gasteiger partial charge is 0.395 e. The maximum atomic E-state index is 10.1. The molecule has 0 rings (SSSR count). The van der Waals surface area contributed by atoms with Crippen LogP contribution in [0.3, 0.4) is 0 Å². The first-order valence-electron chi connectivity index (χ1n) is 4.60. The lowest BCUT2D eigenvalue weighted by Gasteiger charge is -2.43. The van der Waals surface area contributed by atoms with Gasteiger partial charge in [0.1, 0.15) is 0 Å². The predicted octanol–water partition coefficient (Wildman–Crippen LogP) is -0.499. The highest BCUT2D eigenvalue weighted by Crippen LogP contribution is 2.36. The molecule has 4 nitrogen and oxygen atoms in total. The Balaban J connectivity index is 4.87. The normalized spacial score (nSPS) is 13.4. The van der Waals surface area contributed by atoms with Gasteiger partial charge in [-0.05, 0) is 12.8 Å². The van der Waals surface area contributed by atoms with Crippen LogP contribution in [0.15, 0.2) is 0 Å². The summed E-state index contributed by atoms with van der Waals surface area (Å²) in [6, 6.07) is 0. The van der Waals surface area contributed by atoms with E-state index in [-0.39, 0.29) is 0 Å². The third-order valence-electron chi connectivity index (χ3n) is 3.06. The topological polar surface area (TPSA) is 80.9 Å². The van der Waals surface area contributed by atoms with Crippen LogP contribution in [-0.4, -0.2) is 45.8 Å². The molecule has 4 N–H and O–H groups in total. The van der Waals surface area contributed by atoms with Gasteiger partial charge in [-0.3, -0.25) is 0 Å². The summed E-state index contributed by atoms with van der Waals surface area (Å²) in [6.45, 7) is 2.27. The molecule has 0 aromatic heterocycles. The van der Waals surface area contributed by atoms with Gasteiger partial charge < -0.3 is 20.4 Å². The zero-order valence-corrected chi connectivity index (χ0v) is 8.32. The smallest absolute Gasteiger partial charge is 0.0764 e. The summed E-state index contributed by atoms with van der Waals surface area (Å²) in [6.07, 6.45) is 0.788. The molecule has 0 aromatic carbocycles. The molecule has 0 unspecified atom stereocenters. The fourth-order valence-electron chi connectivity index (χ4n) is 1.59. The summed E-state index contributed by atoms with van der Waals surface area (Å²) in [5, 5.41) is 37.3. The van der Waals surface area contributed by atoms with E-state index in [1.54, 1.807) is 13.8 Å². The van der Waals surface area contributed by atoms with Crippen molar-refractivity contribution in [2.24, 2.45) is 5.41 Å². The first-order valence-corrected chi connectivity index (χ1v) is 4.60. The van der Waals surface area contributed by atoms with Crippen LogP contribution in [0.4, 0.5) is 0 Å². The van der Waals surface area contributed by atoms with Gasteiger partial charge in [0, 0.05) is 0 Å². The Morgan fingerprint density at radius 2 is 1.15 bits per heavy atom. The van der Waals surface area contributed by atoms with Crippen molar-refractivity contribution < 1.29 is 20.4 Å². The summed E-state index contributed by atoms with van der Waals surface area (Å²) in [4.78, 5) is 0. The molecule has 4 heteroatoms. The van der Waals surface area contributed by atoms with Crippen LogP contribution in [0.5, 0.6) is 0 Å². The van der Waals surface area contributed by atoms with Crippen molar-refractivity contribution in [2.75, 3.05) is 19.8 Å². The van der Waals surface area contributed by atoms with Gasteiger partial charge in [0.05, 0.1) is 30.8 Å². The van der Waals surface area contributed by atoms with Crippen molar-refractivity contribution in [2.45, 2.75) is 32.3 Å². The number of hydrogen-bond donors (Lipinski definition) is 4. The quantitative estimate of drug-likeness (QED) is 0.457. The van der Waals surface area contributed by atoms with Gasteiger partial charge in [0.15, 0.2) is 0 Å². The van der Waals surface area contributed by atoms with E-state index >= 15 is 0 Å². The van der Waals surface area contributed by atoms with E-state index < -0.39 is 30.8 Å². The molecular weight excluding hydrogens is 172 g/mol. The molecule has 0 spiro atoms. The zero-order valence-electron chi connectivity index (χ0n) is 8.32. The van der Waals surface area contributed by atoms with Gasteiger partial charge >= 0.3 is 0 Å². The first-order chi connectivity index (χ1) is 6.05. The lowest BCUT2D eigenvalue weighted by atomic mass is 9.70. The van der Waals surface area contributed by atoms with Crippen molar-refractivity contribution in [3.05, 3.63) is 0 Å². The van der Waals surface area contributed by atoms with Crippen LogP contribution in [0.1, 0.15) is 26.7 Å². The number of rotatable bonds is 6. The second kappa shape index (κ2) is 4.91. The fourth-order valence-corrected chi connectivity index (χ4v) is 1.59. The molecule has 0 aliphatic heterocycles. The minimum absolute atomic E-state index is 0.394. The Hall–Kier alpha value is -0.160. The van der Waals surface area contributed by atoms with Crippen LogP contribution in [0, 0.1) is 5.41 Å². The Labute approximate surface area is 78.8 Å². The van der Waals surface area contributed by atoms with Crippen molar-refractivity contribution in [3.63, 3.8) is 0 Å². The van der Waals surface area contributed by atoms with E-state index in [4.69, 9.17) is 15.3 Å². The van der Waals surface area contributed by atoms with Crippen molar-refractivity contribution in [1.29, 1.82) is 0 Å². The number of aliphatic hydroxyl groups excluding tert-OH is 3. The molecule has 0 aliphatic rings. The molecule has 80 valence electrons. The maximum absolute atomic E-state index is 10.1. The summed E-state index contributed by atoms with van der Waals surface area (Å²) >= 11 is 0. The standard InChI is InChI=1S/C9H20O4/c1-3-9(13,4-2)8(5-10,6-11)7-12/h10-13H,3-7H2,1-2H3. The number of aliphatic hydroxyl groups is 4. The average molecular weight is 192 g/mol. The van der Waals surface area contributed by atoms with E-state index in [1.165, 1.54) is 0 Å². The lowest BCUT2D eigenvalue weighted by Crippen LogP contribution is -2.54. The Morgan fingerprint density at radius 1 is 0.846 bits per heavy atom. The molecule has 0 atom stereocenters. The van der Waals surface area contributed by atoms with Crippen LogP contribution in [-0.2, 0) is 0 Å². The number of hydrogen-bond acceptors (Lipinski definition) is 4. The summed E-state index contributed by atoms with van der Waals surface area (Å²) in [7, 11) is 0. The van der Waals surface area contributed by atoms with Gasteiger partial charge in [-0.2, -0.15) is 0 Å². The molecule has 0 aromatic rings. The van der Waals surface area contributed by atoms with E-state index in [9.17, 15) is 5.11 Å². The monoisotopic (exact) mass is 192 g/mol. The Bertz CT molecular complexity index is 130. The highest BCUT2D eigenvalue weighted by atomic mass is 16.3. The average Bonchev–Trinajstić information content (AvgIpc) is 2.20. The van der Waals surface area contributed by atoms with Crippen LogP contribution >= 0.6 is 0 Å². The first kappa shape index (κ1) is 12.8. The van der Waals surface area contributed by atoms with E-state index in [0.29, 0.717) is 12.8 Å². The summed E-state index contributed by atoms with van der Waals surface area (Å²) in [5.74, 6) is 0. The molecule has 0 bridgehead atoms. The minimum Gasteiger partial charge on any atom is -0.395 e. The van der Waals surface area contributed by atoms with Gasteiger partial charge in [0.25, 0.3) is 0 Å². The molecule has 0 fully saturated rings. The van der Waals surface area contributed by atoms with Gasteiger partial charge in [-0.25, -0.2) is 0 Å². The van der Waals surface area contributed by atoms with E-state index in [2.05, 4.69) is 0 Å². The molecule has 0 aliphatic carbocycles. The highest BCUT2D eigenvalue weighted by Gasteiger charge is 2.47. The maximum Gasteiger partial charge on any atom is 0.0764 e. The molecular formula is C9H20O4. The van der Waals surface area contributed by atoms with Gasteiger partial charge in [0.2, 0.25) is 0 Å². The van der Waals surface area contributed by atoms with Gasteiger partial charge in [-0.1, -0.05) is 13.8 Å². The molecule has 0 heterocycles.